The summed E-state index contributed by atoms with van der Waals surface area (Å²) in [5, 5.41) is 6.73. The maximum Gasteiger partial charge on any atom is 0.191 e. The molecule has 2 rings (SSSR count). The Morgan fingerprint density at radius 2 is 2.00 bits per heavy atom. The molecule has 0 unspecified atom stereocenters. The van der Waals surface area contributed by atoms with Crippen LogP contribution in [-0.2, 0) is 6.54 Å². The first-order valence-corrected chi connectivity index (χ1v) is 9.53. The number of hydrogen-bond acceptors (Lipinski definition) is 3. The number of unbranched alkanes of at least 4 members (excludes halogenated alkanes) is 2. The quantitative estimate of drug-likeness (QED) is 0.415. The lowest BCUT2D eigenvalue weighted by Gasteiger charge is -2.26. The summed E-state index contributed by atoms with van der Waals surface area (Å²) in [6, 6.07) is 5.94. The number of piperidine rings is 1. The minimum atomic E-state index is 0.616. The van der Waals surface area contributed by atoms with Gasteiger partial charge in [-0.2, -0.15) is 0 Å². The van der Waals surface area contributed by atoms with Crippen molar-refractivity contribution in [3.63, 3.8) is 0 Å². The molecule has 0 saturated carbocycles. The Morgan fingerprint density at radius 1 is 1.12 bits per heavy atom. The maximum atomic E-state index is 4.60. The molecule has 134 valence electrons. The number of nitrogens with one attached hydrogen (secondary N) is 2. The second-order valence-electron chi connectivity index (χ2n) is 6.41. The van der Waals surface area contributed by atoms with E-state index in [1.807, 2.05) is 24.4 Å². The molecule has 2 N–H and O–H groups in total. The van der Waals surface area contributed by atoms with Crippen molar-refractivity contribution < 1.29 is 0 Å². The molecule has 5 heteroatoms. The van der Waals surface area contributed by atoms with E-state index in [0.717, 1.165) is 24.7 Å². The largest absolute Gasteiger partial charge is 0.357 e. The van der Waals surface area contributed by atoms with E-state index in [0.29, 0.717) is 6.54 Å². The van der Waals surface area contributed by atoms with E-state index in [1.54, 1.807) is 0 Å². The molecule has 0 spiro atoms. The fourth-order valence-electron chi connectivity index (χ4n) is 3.02. The Labute approximate surface area is 147 Å². The van der Waals surface area contributed by atoms with Gasteiger partial charge in [0, 0.05) is 19.3 Å². The number of guanidine groups is 1. The highest BCUT2D eigenvalue weighted by Crippen LogP contribution is 2.09. The van der Waals surface area contributed by atoms with Crippen LogP contribution in [0.2, 0.25) is 0 Å². The zero-order valence-corrected chi connectivity index (χ0v) is 15.1. The highest BCUT2D eigenvalue weighted by molar-refractivity contribution is 5.79. The van der Waals surface area contributed by atoms with E-state index in [2.05, 4.69) is 32.4 Å². The minimum absolute atomic E-state index is 0.616. The molecular formula is C19H33N5. The second kappa shape index (κ2) is 11.8. The Morgan fingerprint density at radius 3 is 2.75 bits per heavy atom. The number of pyridine rings is 1. The summed E-state index contributed by atoms with van der Waals surface area (Å²) in [4.78, 5) is 11.5. The Kier molecular flexibility index (Phi) is 9.24. The van der Waals surface area contributed by atoms with Crippen molar-refractivity contribution in [3.8, 4) is 0 Å². The SMILES string of the molecule is CCNC(=NCc1ccccn1)NCCCCCN1CCCCC1. The Hall–Kier alpha value is -1.62. The van der Waals surface area contributed by atoms with E-state index < -0.39 is 0 Å². The van der Waals surface area contributed by atoms with Crippen molar-refractivity contribution in [3.05, 3.63) is 30.1 Å². The van der Waals surface area contributed by atoms with E-state index in [4.69, 9.17) is 0 Å². The van der Waals surface area contributed by atoms with Gasteiger partial charge in [0.15, 0.2) is 5.96 Å². The van der Waals surface area contributed by atoms with Gasteiger partial charge in [0.25, 0.3) is 0 Å². The van der Waals surface area contributed by atoms with Crippen LogP contribution in [0.25, 0.3) is 0 Å². The lowest BCUT2D eigenvalue weighted by molar-refractivity contribution is 0.224. The Balaban J connectivity index is 1.58. The zero-order chi connectivity index (χ0) is 16.9. The number of aliphatic imine (C=N–C) groups is 1. The van der Waals surface area contributed by atoms with Crippen LogP contribution in [0.5, 0.6) is 0 Å². The molecule has 1 aromatic heterocycles. The predicted octanol–water partition coefficient (Wildman–Crippen LogP) is 2.79. The standard InChI is InChI=1S/C19H33N5/c1-2-20-19(23-17-18-11-5-7-12-21-18)22-13-6-3-8-14-24-15-9-4-10-16-24/h5,7,11-12H,2-4,6,8-10,13-17H2,1H3,(H2,20,22,23). The number of aromatic nitrogens is 1. The molecule has 1 aromatic rings. The summed E-state index contributed by atoms with van der Waals surface area (Å²) in [5.74, 6) is 0.888. The van der Waals surface area contributed by atoms with Crippen LogP contribution in [0.15, 0.2) is 29.4 Å². The average molecular weight is 332 g/mol. The number of nitrogens with zero attached hydrogens (tertiary/aromatic N) is 3. The van der Waals surface area contributed by atoms with Crippen LogP contribution in [0.1, 0.15) is 51.1 Å². The fraction of sp³-hybridized carbons (Fsp3) is 0.684. The van der Waals surface area contributed by atoms with Gasteiger partial charge in [-0.1, -0.05) is 18.9 Å². The molecule has 0 aromatic carbocycles. The van der Waals surface area contributed by atoms with Crippen molar-refractivity contribution in [1.29, 1.82) is 0 Å². The van der Waals surface area contributed by atoms with Crippen LogP contribution in [0, 0.1) is 0 Å². The molecule has 0 radical (unpaired) electrons. The topological polar surface area (TPSA) is 52.6 Å². The summed E-state index contributed by atoms with van der Waals surface area (Å²) >= 11 is 0. The fourth-order valence-corrected chi connectivity index (χ4v) is 3.02. The van der Waals surface area contributed by atoms with Crippen molar-refractivity contribution in [2.24, 2.45) is 4.99 Å². The Bertz CT molecular complexity index is 454. The molecule has 1 fully saturated rings. The lowest BCUT2D eigenvalue weighted by Crippen LogP contribution is -2.37. The van der Waals surface area contributed by atoms with Gasteiger partial charge in [-0.15, -0.1) is 0 Å². The summed E-state index contributed by atoms with van der Waals surface area (Å²) in [6.45, 7) is 8.46. The number of hydrogen-bond donors (Lipinski definition) is 2. The van der Waals surface area contributed by atoms with E-state index in [9.17, 15) is 0 Å². The van der Waals surface area contributed by atoms with Crippen molar-refractivity contribution in [2.45, 2.75) is 52.0 Å². The van der Waals surface area contributed by atoms with Crippen LogP contribution in [0.3, 0.4) is 0 Å². The molecular weight excluding hydrogens is 298 g/mol. The van der Waals surface area contributed by atoms with Gasteiger partial charge in [-0.3, -0.25) is 4.98 Å². The van der Waals surface area contributed by atoms with Crippen LogP contribution < -0.4 is 10.6 Å². The molecule has 24 heavy (non-hydrogen) atoms. The van der Waals surface area contributed by atoms with Crippen LogP contribution in [0.4, 0.5) is 0 Å². The summed E-state index contributed by atoms with van der Waals surface area (Å²) < 4.78 is 0. The third kappa shape index (κ3) is 7.77. The van der Waals surface area contributed by atoms with Gasteiger partial charge >= 0.3 is 0 Å². The highest BCUT2D eigenvalue weighted by atomic mass is 15.2. The number of likely N-dealkylation sites (tertiary alicyclic amines) is 1. The molecule has 2 heterocycles. The smallest absolute Gasteiger partial charge is 0.191 e. The van der Waals surface area contributed by atoms with Crippen LogP contribution in [-0.4, -0.2) is 48.6 Å². The van der Waals surface area contributed by atoms with Gasteiger partial charge in [0.05, 0.1) is 12.2 Å². The lowest BCUT2D eigenvalue weighted by atomic mass is 10.1. The third-order valence-electron chi connectivity index (χ3n) is 4.36. The summed E-state index contributed by atoms with van der Waals surface area (Å²) in [7, 11) is 0. The molecule has 5 nitrogen and oxygen atoms in total. The maximum absolute atomic E-state index is 4.60. The predicted molar refractivity (Wildman–Crippen MR) is 101 cm³/mol. The van der Waals surface area contributed by atoms with Crippen LogP contribution >= 0.6 is 0 Å². The molecule has 0 aliphatic carbocycles. The molecule has 1 aliphatic heterocycles. The van der Waals surface area contributed by atoms with Gasteiger partial charge in [-0.05, 0) is 64.4 Å². The van der Waals surface area contributed by atoms with E-state index in [-0.39, 0.29) is 0 Å². The van der Waals surface area contributed by atoms with Gasteiger partial charge in [0.2, 0.25) is 0 Å². The first-order valence-electron chi connectivity index (χ1n) is 9.53. The third-order valence-corrected chi connectivity index (χ3v) is 4.36. The summed E-state index contributed by atoms with van der Waals surface area (Å²) in [5.41, 5.74) is 0.997. The molecule has 1 saturated heterocycles. The van der Waals surface area contributed by atoms with Gasteiger partial charge in [-0.25, -0.2) is 4.99 Å². The molecule has 0 amide bonds. The van der Waals surface area contributed by atoms with E-state index in [1.165, 1.54) is 58.2 Å². The van der Waals surface area contributed by atoms with Crippen molar-refractivity contribution >= 4 is 5.96 Å². The highest BCUT2D eigenvalue weighted by Gasteiger charge is 2.08. The van der Waals surface area contributed by atoms with Crippen molar-refractivity contribution in [1.82, 2.24) is 20.5 Å². The molecule has 0 atom stereocenters. The average Bonchev–Trinajstić information content (AvgIpc) is 2.64. The number of rotatable bonds is 9. The molecule has 1 aliphatic rings. The second-order valence-corrected chi connectivity index (χ2v) is 6.41. The summed E-state index contributed by atoms with van der Waals surface area (Å²) in [6.07, 6.45) is 9.80. The van der Waals surface area contributed by atoms with Crippen molar-refractivity contribution in [2.75, 3.05) is 32.7 Å². The zero-order valence-electron chi connectivity index (χ0n) is 15.1. The van der Waals surface area contributed by atoms with Gasteiger partial charge < -0.3 is 15.5 Å². The first kappa shape index (κ1) is 18.7. The monoisotopic (exact) mass is 331 g/mol. The minimum Gasteiger partial charge on any atom is -0.357 e. The van der Waals surface area contributed by atoms with E-state index >= 15 is 0 Å². The first-order chi connectivity index (χ1) is 11.9. The van der Waals surface area contributed by atoms with Gasteiger partial charge in [0.1, 0.15) is 0 Å². The normalized spacial score (nSPS) is 16.1. The molecule has 0 bridgehead atoms.